The number of likely N-dealkylation sites (N-methyl/N-ethyl adjacent to an activating group) is 1. The molecule has 0 saturated carbocycles. The maximum Gasteiger partial charge on any atom is 0.244 e. The van der Waals surface area contributed by atoms with Gasteiger partial charge in [0, 0.05) is 19.7 Å². The number of carbonyl (C=O) groups is 2. The van der Waals surface area contributed by atoms with Crippen molar-refractivity contribution >= 4 is 27.5 Å². The van der Waals surface area contributed by atoms with Gasteiger partial charge in [-0.15, -0.1) is 0 Å². The molecule has 2 amide bonds. The summed E-state index contributed by atoms with van der Waals surface area (Å²) in [4.78, 5) is 26.8. The highest BCUT2D eigenvalue weighted by Gasteiger charge is 2.29. The zero-order valence-corrected chi connectivity index (χ0v) is 18.3. The lowest BCUT2D eigenvalue weighted by Crippen LogP contribution is -2.50. The molecule has 1 atom stereocenters. The number of ether oxygens (including phenoxy) is 1. The monoisotopic (exact) mass is 433 g/mol. The van der Waals surface area contributed by atoms with Crippen LogP contribution >= 0.6 is 0 Å². The van der Waals surface area contributed by atoms with Crippen molar-refractivity contribution in [2.24, 2.45) is 0 Å². The van der Waals surface area contributed by atoms with Crippen molar-refractivity contribution in [3.8, 4) is 5.75 Å². The molecule has 162 valence electrons. The van der Waals surface area contributed by atoms with E-state index in [1.165, 1.54) is 25.1 Å². The fourth-order valence-corrected chi connectivity index (χ4v) is 3.79. The summed E-state index contributed by atoms with van der Waals surface area (Å²) < 4.78 is 31.1. The van der Waals surface area contributed by atoms with Gasteiger partial charge in [-0.2, -0.15) is 0 Å². The van der Waals surface area contributed by atoms with E-state index in [9.17, 15) is 18.0 Å². The minimum absolute atomic E-state index is 0.171. The van der Waals surface area contributed by atoms with Gasteiger partial charge in [0.2, 0.25) is 21.8 Å². The molecule has 0 saturated heterocycles. The molecule has 0 heterocycles. The van der Waals surface area contributed by atoms with Crippen LogP contribution in [0.1, 0.15) is 12.5 Å². The molecule has 30 heavy (non-hydrogen) atoms. The van der Waals surface area contributed by atoms with Crippen LogP contribution < -0.4 is 14.4 Å². The summed E-state index contributed by atoms with van der Waals surface area (Å²) in [6.45, 7) is 1.33. The number of sulfonamides is 1. The number of rotatable bonds is 9. The quantitative estimate of drug-likeness (QED) is 0.648. The van der Waals surface area contributed by atoms with Crippen molar-refractivity contribution in [2.45, 2.75) is 19.5 Å². The Morgan fingerprint density at radius 3 is 2.33 bits per heavy atom. The number of hydrogen-bond acceptors (Lipinski definition) is 5. The van der Waals surface area contributed by atoms with Crippen LogP contribution in [-0.4, -0.2) is 58.1 Å². The van der Waals surface area contributed by atoms with Crippen LogP contribution in [0.3, 0.4) is 0 Å². The van der Waals surface area contributed by atoms with Crippen LogP contribution in [-0.2, 0) is 26.2 Å². The van der Waals surface area contributed by atoms with Crippen LogP contribution in [0.15, 0.2) is 54.6 Å². The van der Waals surface area contributed by atoms with Crippen LogP contribution in [0.5, 0.6) is 5.75 Å². The molecule has 0 fully saturated rings. The normalized spacial score (nSPS) is 12.0. The number of nitrogens with one attached hydrogen (secondary N) is 1. The van der Waals surface area contributed by atoms with E-state index < -0.39 is 28.5 Å². The molecule has 8 nitrogen and oxygen atoms in total. The van der Waals surface area contributed by atoms with E-state index in [-0.39, 0.29) is 12.5 Å². The number of benzene rings is 2. The number of anilines is 1. The minimum atomic E-state index is -3.77. The minimum Gasteiger partial charge on any atom is -0.497 e. The van der Waals surface area contributed by atoms with Crippen molar-refractivity contribution < 1.29 is 22.7 Å². The molecule has 2 aromatic carbocycles. The maximum absolute atomic E-state index is 13.2. The molecular formula is C21H27N3O5S. The highest BCUT2D eigenvalue weighted by molar-refractivity contribution is 7.92. The van der Waals surface area contributed by atoms with E-state index in [1.54, 1.807) is 25.1 Å². The van der Waals surface area contributed by atoms with Gasteiger partial charge in [-0.05, 0) is 24.6 Å². The lowest BCUT2D eigenvalue weighted by Gasteiger charge is -2.31. The lowest BCUT2D eigenvalue weighted by molar-refractivity contribution is -0.139. The van der Waals surface area contributed by atoms with Gasteiger partial charge in [-0.25, -0.2) is 8.42 Å². The Morgan fingerprint density at radius 1 is 1.10 bits per heavy atom. The first kappa shape index (κ1) is 23.2. The Morgan fingerprint density at radius 2 is 1.77 bits per heavy atom. The Bertz CT molecular complexity index is 979. The predicted molar refractivity (Wildman–Crippen MR) is 116 cm³/mol. The molecule has 1 N–H and O–H groups in total. The number of carbonyl (C=O) groups excluding carboxylic acids is 2. The van der Waals surface area contributed by atoms with E-state index in [0.717, 1.165) is 16.1 Å². The van der Waals surface area contributed by atoms with E-state index in [1.807, 2.05) is 30.3 Å². The first-order chi connectivity index (χ1) is 14.2. The predicted octanol–water partition coefficient (Wildman–Crippen LogP) is 1.62. The fraction of sp³-hybridized carbons (Fsp3) is 0.333. The summed E-state index contributed by atoms with van der Waals surface area (Å²) in [6, 6.07) is 14.9. The maximum atomic E-state index is 13.2. The van der Waals surface area contributed by atoms with Crippen LogP contribution in [0.2, 0.25) is 0 Å². The summed E-state index contributed by atoms with van der Waals surface area (Å²) in [5.41, 5.74) is 1.13. The van der Waals surface area contributed by atoms with E-state index >= 15 is 0 Å². The van der Waals surface area contributed by atoms with E-state index in [2.05, 4.69) is 5.32 Å². The zero-order valence-electron chi connectivity index (χ0n) is 17.5. The van der Waals surface area contributed by atoms with Gasteiger partial charge in [-0.3, -0.25) is 13.9 Å². The topological polar surface area (TPSA) is 96.0 Å². The van der Waals surface area contributed by atoms with Gasteiger partial charge in [0.1, 0.15) is 18.3 Å². The van der Waals surface area contributed by atoms with Gasteiger partial charge in [0.25, 0.3) is 0 Å². The molecule has 0 aliphatic heterocycles. The first-order valence-corrected chi connectivity index (χ1v) is 11.2. The largest absolute Gasteiger partial charge is 0.497 e. The van der Waals surface area contributed by atoms with Crippen molar-refractivity contribution in [3.05, 3.63) is 60.2 Å². The Hall–Kier alpha value is -3.07. The molecule has 2 aromatic rings. The van der Waals surface area contributed by atoms with Crippen LogP contribution in [0.25, 0.3) is 0 Å². The lowest BCUT2D eigenvalue weighted by atomic mass is 10.1. The van der Waals surface area contributed by atoms with Crippen molar-refractivity contribution in [1.82, 2.24) is 10.2 Å². The van der Waals surface area contributed by atoms with Crippen molar-refractivity contribution in [3.63, 3.8) is 0 Å². The average Bonchev–Trinajstić information content (AvgIpc) is 2.74. The number of hydrogen-bond donors (Lipinski definition) is 1. The smallest absolute Gasteiger partial charge is 0.244 e. The van der Waals surface area contributed by atoms with Gasteiger partial charge >= 0.3 is 0 Å². The number of methoxy groups -OCH3 is 1. The summed E-state index contributed by atoms with van der Waals surface area (Å²) in [5, 5.41) is 2.53. The summed E-state index contributed by atoms with van der Waals surface area (Å²) >= 11 is 0. The van der Waals surface area contributed by atoms with Gasteiger partial charge < -0.3 is 15.0 Å². The van der Waals surface area contributed by atoms with Crippen LogP contribution in [0.4, 0.5) is 5.69 Å². The molecule has 0 spiro atoms. The molecule has 0 aliphatic carbocycles. The van der Waals surface area contributed by atoms with Crippen molar-refractivity contribution in [2.75, 3.05) is 31.3 Å². The van der Waals surface area contributed by atoms with Gasteiger partial charge in [0.15, 0.2) is 0 Å². The van der Waals surface area contributed by atoms with Crippen molar-refractivity contribution in [1.29, 1.82) is 0 Å². The second-order valence-electron chi connectivity index (χ2n) is 6.77. The van der Waals surface area contributed by atoms with Gasteiger partial charge in [-0.1, -0.05) is 36.4 Å². The zero-order chi connectivity index (χ0) is 22.3. The molecule has 2 rings (SSSR count). The Balaban J connectivity index is 2.37. The second-order valence-corrected chi connectivity index (χ2v) is 8.68. The van der Waals surface area contributed by atoms with E-state index in [4.69, 9.17) is 4.74 Å². The Labute approximate surface area is 177 Å². The summed E-state index contributed by atoms with van der Waals surface area (Å²) in [6.07, 6.45) is 1.03. The second kappa shape index (κ2) is 10.1. The standard InChI is InChI=1S/C21H27N3O5S/c1-16(21(26)22-2)23(14-17-9-6-5-7-10-17)20(25)15-24(30(4,27)28)18-11-8-12-19(13-18)29-3/h5-13,16H,14-15H2,1-4H3,(H,22,26). The molecule has 0 aromatic heterocycles. The highest BCUT2D eigenvalue weighted by atomic mass is 32.2. The third-order valence-corrected chi connectivity index (χ3v) is 5.77. The fourth-order valence-electron chi connectivity index (χ4n) is 2.95. The average molecular weight is 434 g/mol. The molecular weight excluding hydrogens is 406 g/mol. The number of amides is 2. The first-order valence-electron chi connectivity index (χ1n) is 9.34. The third-order valence-electron chi connectivity index (χ3n) is 4.63. The van der Waals surface area contributed by atoms with Crippen LogP contribution in [0, 0.1) is 0 Å². The third kappa shape index (κ3) is 5.96. The van der Waals surface area contributed by atoms with E-state index in [0.29, 0.717) is 11.4 Å². The Kier molecular flexibility index (Phi) is 7.82. The number of nitrogens with zero attached hydrogens (tertiary/aromatic N) is 2. The van der Waals surface area contributed by atoms with Gasteiger partial charge in [0.05, 0.1) is 19.1 Å². The SMILES string of the molecule is CNC(=O)C(C)N(Cc1ccccc1)C(=O)CN(c1cccc(OC)c1)S(C)(=O)=O. The summed E-state index contributed by atoms with van der Waals surface area (Å²) in [7, 11) is -0.803. The molecule has 9 heteroatoms. The summed E-state index contributed by atoms with van der Waals surface area (Å²) in [5.74, 6) is -0.372. The molecule has 0 aliphatic rings. The molecule has 1 unspecified atom stereocenters. The highest BCUT2D eigenvalue weighted by Crippen LogP contribution is 2.23. The molecule has 0 bridgehead atoms. The molecule has 0 radical (unpaired) electrons.